The molecule has 3 aromatic rings. The molecule has 3 heterocycles. The van der Waals surface area contributed by atoms with Gasteiger partial charge < -0.3 is 19.9 Å². The zero-order chi connectivity index (χ0) is 24.1. The normalized spacial score (nSPS) is 13.7. The van der Waals surface area contributed by atoms with E-state index in [1.165, 1.54) is 4.90 Å². The van der Waals surface area contributed by atoms with Gasteiger partial charge in [-0.15, -0.1) is 0 Å². The van der Waals surface area contributed by atoms with Crippen molar-refractivity contribution in [1.29, 1.82) is 0 Å². The Morgan fingerprint density at radius 1 is 1.12 bits per heavy atom. The van der Waals surface area contributed by atoms with Crippen LogP contribution in [-0.4, -0.2) is 71.4 Å². The SMILES string of the molecule is CC(C)c1c(C(=O)N(C)CC(=O)Nc2ccc(N3CCOCC3)cc2)cnn1-c1ccccn1. The number of likely N-dealkylation sites (N-methyl/N-ethyl adjacent to an activating group) is 1. The van der Waals surface area contributed by atoms with Crippen LogP contribution in [-0.2, 0) is 9.53 Å². The number of hydrogen-bond acceptors (Lipinski definition) is 6. The molecule has 1 fully saturated rings. The van der Waals surface area contributed by atoms with Gasteiger partial charge in [0.2, 0.25) is 5.91 Å². The molecule has 0 unspecified atom stereocenters. The standard InChI is InChI=1S/C25H30N6O3/c1-18(2)24-21(16-27-31(24)22-6-4-5-11-26-22)25(33)29(3)17-23(32)28-19-7-9-20(10-8-19)30-12-14-34-15-13-30/h4-11,16,18H,12-15,17H2,1-3H3,(H,28,32). The third kappa shape index (κ3) is 5.26. The van der Waals surface area contributed by atoms with Gasteiger partial charge in [-0.1, -0.05) is 19.9 Å². The first-order valence-electron chi connectivity index (χ1n) is 11.4. The Morgan fingerprint density at radius 2 is 1.85 bits per heavy atom. The second-order valence-electron chi connectivity index (χ2n) is 8.55. The molecule has 178 valence electrons. The third-order valence-electron chi connectivity index (χ3n) is 5.70. The lowest BCUT2D eigenvalue weighted by Gasteiger charge is -2.28. The van der Waals surface area contributed by atoms with Crippen molar-refractivity contribution in [1.82, 2.24) is 19.7 Å². The molecule has 0 radical (unpaired) electrons. The first kappa shape index (κ1) is 23.4. The zero-order valence-electron chi connectivity index (χ0n) is 19.8. The fraction of sp³-hybridized carbons (Fsp3) is 0.360. The zero-order valence-corrected chi connectivity index (χ0v) is 19.8. The summed E-state index contributed by atoms with van der Waals surface area (Å²) in [6.45, 7) is 7.08. The predicted molar refractivity (Wildman–Crippen MR) is 131 cm³/mol. The van der Waals surface area contributed by atoms with Crippen LogP contribution in [0.2, 0.25) is 0 Å². The number of aromatic nitrogens is 3. The molecule has 1 N–H and O–H groups in total. The predicted octanol–water partition coefficient (Wildman–Crippen LogP) is 2.94. The van der Waals surface area contributed by atoms with Crippen molar-refractivity contribution < 1.29 is 14.3 Å². The summed E-state index contributed by atoms with van der Waals surface area (Å²) in [5.41, 5.74) is 3.01. The summed E-state index contributed by atoms with van der Waals surface area (Å²) in [4.78, 5) is 33.8. The maximum absolute atomic E-state index is 13.2. The van der Waals surface area contributed by atoms with Crippen molar-refractivity contribution in [3.8, 4) is 5.82 Å². The van der Waals surface area contributed by atoms with Crippen LogP contribution < -0.4 is 10.2 Å². The molecule has 1 aliphatic rings. The minimum Gasteiger partial charge on any atom is -0.378 e. The molecule has 9 heteroatoms. The Bertz CT molecular complexity index is 1120. The third-order valence-corrected chi connectivity index (χ3v) is 5.70. The van der Waals surface area contributed by atoms with Gasteiger partial charge in [-0.05, 0) is 42.3 Å². The van der Waals surface area contributed by atoms with Crippen molar-refractivity contribution in [3.63, 3.8) is 0 Å². The molecule has 4 rings (SSSR count). The number of nitrogens with one attached hydrogen (secondary N) is 1. The lowest BCUT2D eigenvalue weighted by Crippen LogP contribution is -2.36. The minimum absolute atomic E-state index is 0.0377. The number of rotatable bonds is 7. The van der Waals surface area contributed by atoms with Crippen LogP contribution in [0.5, 0.6) is 0 Å². The maximum atomic E-state index is 13.2. The quantitative estimate of drug-likeness (QED) is 0.580. The number of benzene rings is 1. The van der Waals surface area contributed by atoms with Crippen LogP contribution in [0, 0.1) is 0 Å². The lowest BCUT2D eigenvalue weighted by atomic mass is 10.0. The summed E-state index contributed by atoms with van der Waals surface area (Å²) in [5.74, 6) is 0.156. The number of hydrogen-bond donors (Lipinski definition) is 1. The molecular formula is C25H30N6O3. The van der Waals surface area contributed by atoms with E-state index in [1.54, 1.807) is 24.1 Å². The number of amides is 2. The van der Waals surface area contributed by atoms with E-state index in [2.05, 4.69) is 20.3 Å². The monoisotopic (exact) mass is 462 g/mol. The summed E-state index contributed by atoms with van der Waals surface area (Å²) < 4.78 is 7.07. The maximum Gasteiger partial charge on any atom is 0.257 e. The number of nitrogens with zero attached hydrogens (tertiary/aromatic N) is 5. The molecule has 0 saturated carbocycles. The van der Waals surface area contributed by atoms with Crippen molar-refractivity contribution in [2.45, 2.75) is 19.8 Å². The number of carbonyl (C=O) groups is 2. The van der Waals surface area contributed by atoms with E-state index in [-0.39, 0.29) is 24.3 Å². The van der Waals surface area contributed by atoms with Crippen LogP contribution in [0.15, 0.2) is 54.9 Å². The second kappa shape index (κ2) is 10.5. The van der Waals surface area contributed by atoms with Crippen LogP contribution in [0.4, 0.5) is 11.4 Å². The van der Waals surface area contributed by atoms with Gasteiger partial charge in [-0.25, -0.2) is 9.67 Å². The molecule has 1 aliphatic heterocycles. The highest BCUT2D eigenvalue weighted by molar-refractivity contribution is 6.00. The number of ether oxygens (including phenoxy) is 1. The summed E-state index contributed by atoms with van der Waals surface area (Å²) in [7, 11) is 1.62. The van der Waals surface area contributed by atoms with Gasteiger partial charge in [0.15, 0.2) is 5.82 Å². The Kier molecular flexibility index (Phi) is 7.22. The molecule has 2 amide bonds. The van der Waals surface area contributed by atoms with Gasteiger partial charge in [0.1, 0.15) is 0 Å². The highest BCUT2D eigenvalue weighted by Gasteiger charge is 2.24. The van der Waals surface area contributed by atoms with Gasteiger partial charge in [0.05, 0.1) is 37.2 Å². The van der Waals surface area contributed by atoms with Crippen LogP contribution in [0.3, 0.4) is 0 Å². The van der Waals surface area contributed by atoms with E-state index in [0.29, 0.717) is 17.1 Å². The van der Waals surface area contributed by atoms with Crippen molar-refractivity contribution in [3.05, 3.63) is 66.1 Å². The molecule has 0 spiro atoms. The van der Waals surface area contributed by atoms with Crippen LogP contribution in [0.25, 0.3) is 5.82 Å². The second-order valence-corrected chi connectivity index (χ2v) is 8.55. The Hall–Kier alpha value is -3.72. The molecule has 34 heavy (non-hydrogen) atoms. The number of anilines is 2. The average Bonchev–Trinajstić information content (AvgIpc) is 3.30. The van der Waals surface area contributed by atoms with E-state index in [9.17, 15) is 9.59 Å². The molecule has 0 bridgehead atoms. The molecule has 1 saturated heterocycles. The lowest BCUT2D eigenvalue weighted by molar-refractivity contribution is -0.116. The van der Waals surface area contributed by atoms with Gasteiger partial charge in [-0.3, -0.25) is 9.59 Å². The fourth-order valence-corrected chi connectivity index (χ4v) is 4.01. The van der Waals surface area contributed by atoms with Gasteiger partial charge >= 0.3 is 0 Å². The average molecular weight is 463 g/mol. The van der Waals surface area contributed by atoms with Crippen LogP contribution >= 0.6 is 0 Å². The van der Waals surface area contributed by atoms with E-state index in [4.69, 9.17) is 4.74 Å². The molecule has 9 nitrogen and oxygen atoms in total. The smallest absolute Gasteiger partial charge is 0.257 e. The first-order valence-corrected chi connectivity index (χ1v) is 11.4. The Morgan fingerprint density at radius 3 is 2.50 bits per heavy atom. The number of carbonyl (C=O) groups excluding carboxylic acids is 2. The molecule has 2 aromatic heterocycles. The molecule has 0 atom stereocenters. The fourth-order valence-electron chi connectivity index (χ4n) is 4.01. The summed E-state index contributed by atoms with van der Waals surface area (Å²) in [6.07, 6.45) is 3.23. The Balaban J connectivity index is 1.40. The van der Waals surface area contributed by atoms with Gasteiger partial charge in [0.25, 0.3) is 5.91 Å². The first-order chi connectivity index (χ1) is 16.4. The van der Waals surface area contributed by atoms with E-state index in [1.807, 2.05) is 56.3 Å². The molecular weight excluding hydrogens is 432 g/mol. The largest absolute Gasteiger partial charge is 0.378 e. The summed E-state index contributed by atoms with van der Waals surface area (Å²) in [5, 5.41) is 7.27. The highest BCUT2D eigenvalue weighted by Crippen LogP contribution is 2.23. The topological polar surface area (TPSA) is 92.6 Å². The summed E-state index contributed by atoms with van der Waals surface area (Å²) in [6, 6.07) is 13.3. The van der Waals surface area contributed by atoms with Crippen molar-refractivity contribution in [2.75, 3.05) is 50.1 Å². The molecule has 0 aliphatic carbocycles. The molecule has 1 aromatic carbocycles. The number of morpholine rings is 1. The van der Waals surface area contributed by atoms with E-state index < -0.39 is 0 Å². The van der Waals surface area contributed by atoms with Gasteiger partial charge in [0, 0.05) is 37.7 Å². The number of pyridine rings is 1. The Labute approximate surface area is 199 Å². The minimum atomic E-state index is -0.266. The highest BCUT2D eigenvalue weighted by atomic mass is 16.5. The van der Waals surface area contributed by atoms with E-state index in [0.717, 1.165) is 37.7 Å². The van der Waals surface area contributed by atoms with Crippen molar-refractivity contribution >= 4 is 23.2 Å². The van der Waals surface area contributed by atoms with Gasteiger partial charge in [-0.2, -0.15) is 5.10 Å². The van der Waals surface area contributed by atoms with Crippen molar-refractivity contribution in [2.24, 2.45) is 0 Å². The summed E-state index contributed by atoms with van der Waals surface area (Å²) >= 11 is 0. The van der Waals surface area contributed by atoms with E-state index >= 15 is 0 Å². The van der Waals surface area contributed by atoms with Crippen LogP contribution in [0.1, 0.15) is 35.8 Å².